The molecule has 4 atom stereocenters. The van der Waals surface area contributed by atoms with Gasteiger partial charge in [-0.2, -0.15) is 0 Å². The molecule has 0 bridgehead atoms. The predicted molar refractivity (Wildman–Crippen MR) is 66.9 cm³/mol. The van der Waals surface area contributed by atoms with Gasteiger partial charge in [-0.15, -0.1) is 0 Å². The van der Waals surface area contributed by atoms with Gasteiger partial charge in [-0.3, -0.25) is 4.21 Å². The third-order valence-electron chi connectivity index (χ3n) is 3.79. The van der Waals surface area contributed by atoms with Gasteiger partial charge in [0.05, 0.1) is 5.25 Å². The first-order valence-corrected chi connectivity index (χ1v) is 7.39. The molecule has 1 N–H and O–H groups in total. The van der Waals surface area contributed by atoms with E-state index < -0.39 is 10.8 Å². The number of hydrogen-bond acceptors (Lipinski definition) is 2. The Morgan fingerprint density at radius 1 is 1.44 bits per heavy atom. The lowest BCUT2D eigenvalue weighted by atomic mass is 10.1. The first-order valence-electron chi connectivity index (χ1n) is 6.00. The van der Waals surface area contributed by atoms with Crippen LogP contribution in [-0.2, 0) is 17.2 Å². The van der Waals surface area contributed by atoms with Gasteiger partial charge in [-0.25, -0.2) is 0 Å². The van der Waals surface area contributed by atoms with E-state index in [9.17, 15) is 4.21 Å². The van der Waals surface area contributed by atoms with Crippen LogP contribution in [0.1, 0.15) is 30.5 Å². The molecule has 0 amide bonds. The van der Waals surface area contributed by atoms with Crippen molar-refractivity contribution in [3.63, 3.8) is 0 Å². The highest BCUT2D eigenvalue weighted by molar-refractivity contribution is 7.85. The highest BCUT2D eigenvalue weighted by Crippen LogP contribution is 2.37. The van der Waals surface area contributed by atoms with Crippen molar-refractivity contribution in [1.82, 2.24) is 5.32 Å². The molecule has 1 aliphatic carbocycles. The number of benzene rings is 1. The van der Waals surface area contributed by atoms with Gasteiger partial charge in [0.15, 0.2) is 0 Å². The van der Waals surface area contributed by atoms with Crippen molar-refractivity contribution < 1.29 is 4.21 Å². The SMILES string of the molecule is CCC1CS(=O)C2Cc3ccccc3C2N1. The Hall–Kier alpha value is -0.670. The Morgan fingerprint density at radius 2 is 2.25 bits per heavy atom. The van der Waals surface area contributed by atoms with E-state index in [1.54, 1.807) is 0 Å². The lowest BCUT2D eigenvalue weighted by molar-refractivity contribution is 0.427. The van der Waals surface area contributed by atoms with Crippen LogP contribution in [0.5, 0.6) is 0 Å². The van der Waals surface area contributed by atoms with Crippen molar-refractivity contribution >= 4 is 10.8 Å². The van der Waals surface area contributed by atoms with Crippen molar-refractivity contribution in [3.05, 3.63) is 35.4 Å². The summed E-state index contributed by atoms with van der Waals surface area (Å²) in [6, 6.07) is 9.27. The van der Waals surface area contributed by atoms with Crippen LogP contribution in [0.2, 0.25) is 0 Å². The zero-order chi connectivity index (χ0) is 11.1. The average Bonchev–Trinajstić information content (AvgIpc) is 2.68. The second-order valence-corrected chi connectivity index (χ2v) is 6.44. The van der Waals surface area contributed by atoms with Gasteiger partial charge in [0.1, 0.15) is 0 Å². The summed E-state index contributed by atoms with van der Waals surface area (Å²) in [6.07, 6.45) is 2.05. The quantitative estimate of drug-likeness (QED) is 0.804. The molecule has 2 aliphatic rings. The molecule has 1 aromatic rings. The van der Waals surface area contributed by atoms with Gasteiger partial charge < -0.3 is 5.32 Å². The zero-order valence-electron chi connectivity index (χ0n) is 9.48. The highest BCUT2D eigenvalue weighted by atomic mass is 32.2. The van der Waals surface area contributed by atoms with Gasteiger partial charge in [0.2, 0.25) is 0 Å². The highest BCUT2D eigenvalue weighted by Gasteiger charge is 2.40. The maximum Gasteiger partial charge on any atom is 0.0584 e. The maximum absolute atomic E-state index is 12.2. The summed E-state index contributed by atoms with van der Waals surface area (Å²) in [6.45, 7) is 2.16. The van der Waals surface area contributed by atoms with E-state index in [4.69, 9.17) is 0 Å². The zero-order valence-corrected chi connectivity index (χ0v) is 10.3. The van der Waals surface area contributed by atoms with Crippen LogP contribution in [0.3, 0.4) is 0 Å². The van der Waals surface area contributed by atoms with Crippen LogP contribution in [0.15, 0.2) is 24.3 Å². The summed E-state index contributed by atoms with van der Waals surface area (Å²) in [5, 5.41) is 3.96. The Kier molecular flexibility index (Phi) is 2.60. The smallest absolute Gasteiger partial charge is 0.0584 e. The van der Waals surface area contributed by atoms with Gasteiger partial charge in [0, 0.05) is 28.6 Å². The minimum Gasteiger partial charge on any atom is -0.305 e. The van der Waals surface area contributed by atoms with Crippen LogP contribution in [-0.4, -0.2) is 21.3 Å². The topological polar surface area (TPSA) is 29.1 Å². The molecule has 1 aromatic carbocycles. The number of nitrogens with one attached hydrogen (secondary N) is 1. The molecule has 0 radical (unpaired) electrons. The van der Waals surface area contributed by atoms with Crippen molar-refractivity contribution in [2.45, 2.75) is 37.1 Å². The largest absolute Gasteiger partial charge is 0.305 e. The molecule has 1 aliphatic heterocycles. The monoisotopic (exact) mass is 235 g/mol. The first-order chi connectivity index (χ1) is 7.79. The molecule has 1 heterocycles. The van der Waals surface area contributed by atoms with Gasteiger partial charge in [0.25, 0.3) is 0 Å². The molecule has 2 nitrogen and oxygen atoms in total. The van der Waals surface area contributed by atoms with Crippen molar-refractivity contribution in [2.75, 3.05) is 5.75 Å². The molecule has 86 valence electrons. The molecular weight excluding hydrogens is 218 g/mol. The average molecular weight is 235 g/mol. The Morgan fingerprint density at radius 3 is 3.06 bits per heavy atom. The third-order valence-corrected chi connectivity index (χ3v) is 5.64. The van der Waals surface area contributed by atoms with Crippen molar-refractivity contribution in [3.8, 4) is 0 Å². The predicted octanol–water partition coefficient (Wildman–Crippen LogP) is 1.78. The van der Waals surface area contributed by atoms with Crippen LogP contribution in [0, 0.1) is 0 Å². The standard InChI is InChI=1S/C13H17NOS/c1-2-10-8-16(15)12-7-9-5-3-4-6-11(9)13(12)14-10/h3-6,10,12-14H,2,7-8H2,1H3. The molecule has 0 aromatic heterocycles. The van der Waals surface area contributed by atoms with Gasteiger partial charge in [-0.05, 0) is 24.0 Å². The first kappa shape index (κ1) is 10.5. The van der Waals surface area contributed by atoms with Crippen LogP contribution in [0.4, 0.5) is 0 Å². The third kappa shape index (κ3) is 1.54. The van der Waals surface area contributed by atoms with E-state index in [0.717, 1.165) is 18.6 Å². The van der Waals surface area contributed by atoms with Crippen LogP contribution in [0.25, 0.3) is 0 Å². The summed E-state index contributed by atoms with van der Waals surface area (Å²) in [5.74, 6) is 0.825. The summed E-state index contributed by atoms with van der Waals surface area (Å²) >= 11 is 0. The minimum atomic E-state index is -0.664. The van der Waals surface area contributed by atoms with Crippen molar-refractivity contribution in [1.29, 1.82) is 0 Å². The normalized spacial score (nSPS) is 36.8. The van der Waals surface area contributed by atoms with E-state index >= 15 is 0 Å². The second-order valence-electron chi connectivity index (χ2n) is 4.74. The van der Waals surface area contributed by atoms with Crippen molar-refractivity contribution in [2.24, 2.45) is 0 Å². The fraction of sp³-hybridized carbons (Fsp3) is 0.538. The number of hydrogen-bond donors (Lipinski definition) is 1. The van der Waals surface area contributed by atoms with Gasteiger partial charge >= 0.3 is 0 Å². The van der Waals surface area contributed by atoms with E-state index in [2.05, 4.69) is 36.5 Å². The Labute approximate surface area is 98.9 Å². The molecule has 3 heteroatoms. The molecule has 0 saturated carbocycles. The fourth-order valence-electron chi connectivity index (χ4n) is 2.86. The van der Waals surface area contributed by atoms with E-state index in [1.807, 2.05) is 0 Å². The van der Waals surface area contributed by atoms with E-state index in [-0.39, 0.29) is 0 Å². The van der Waals surface area contributed by atoms with Gasteiger partial charge in [-0.1, -0.05) is 31.2 Å². The summed E-state index contributed by atoms with van der Waals surface area (Å²) in [5.41, 5.74) is 2.76. The minimum absolute atomic E-state index is 0.306. The molecular formula is C13H17NOS. The summed E-state index contributed by atoms with van der Waals surface area (Å²) < 4.78 is 12.2. The molecule has 1 saturated heterocycles. The maximum atomic E-state index is 12.2. The van der Waals surface area contributed by atoms with E-state index in [1.165, 1.54) is 11.1 Å². The number of fused-ring (bicyclic) bond motifs is 3. The molecule has 1 fully saturated rings. The molecule has 3 rings (SSSR count). The van der Waals surface area contributed by atoms with Crippen LogP contribution < -0.4 is 5.32 Å². The van der Waals surface area contributed by atoms with E-state index in [0.29, 0.717) is 17.3 Å². The Balaban J connectivity index is 1.96. The lowest BCUT2D eigenvalue weighted by Gasteiger charge is -2.32. The number of rotatable bonds is 1. The Bertz CT molecular complexity index is 432. The summed E-state index contributed by atoms with van der Waals surface area (Å²) in [7, 11) is -0.664. The summed E-state index contributed by atoms with van der Waals surface area (Å²) in [4.78, 5) is 0. The molecule has 0 spiro atoms. The second kappa shape index (κ2) is 3.97. The fourth-order valence-corrected chi connectivity index (χ4v) is 4.73. The molecule has 4 unspecified atom stereocenters. The lowest BCUT2D eigenvalue weighted by Crippen LogP contribution is -2.48. The van der Waals surface area contributed by atoms with Crippen LogP contribution >= 0.6 is 0 Å². The molecule has 16 heavy (non-hydrogen) atoms.